The molecule has 0 saturated carbocycles. The first-order valence-electron chi connectivity index (χ1n) is 9.61. The van der Waals surface area contributed by atoms with Gasteiger partial charge in [-0.25, -0.2) is 4.79 Å². The second kappa shape index (κ2) is 9.82. The van der Waals surface area contributed by atoms with E-state index in [1.807, 2.05) is 0 Å². The number of esters is 1. The number of carbonyl (C=O) groups excluding carboxylic acids is 3. The molecule has 0 radical (unpaired) electrons. The third kappa shape index (κ3) is 5.19. The fourth-order valence-corrected chi connectivity index (χ4v) is 4.92. The molecule has 0 spiro atoms. The molecule has 1 N–H and O–H groups in total. The molecule has 2 heterocycles. The lowest BCUT2D eigenvalue weighted by atomic mass is 9.97. The highest BCUT2D eigenvalue weighted by molar-refractivity contribution is 7.99. The number of hydrogen-bond donors (Lipinski definition) is 1. The van der Waals surface area contributed by atoms with E-state index in [0.717, 1.165) is 19.3 Å². The zero-order chi connectivity index (χ0) is 19.9. The second-order valence-electron chi connectivity index (χ2n) is 6.96. The van der Waals surface area contributed by atoms with Gasteiger partial charge in [0, 0.05) is 19.2 Å². The number of carbonyl (C=O) groups is 3. The van der Waals surface area contributed by atoms with Gasteiger partial charge >= 0.3 is 5.97 Å². The normalized spacial score (nSPS) is 21.9. The lowest BCUT2D eigenvalue weighted by Crippen LogP contribution is -2.43. The average molecular weight is 407 g/mol. The number of nitrogens with one attached hydrogen (secondary N) is 1. The van der Waals surface area contributed by atoms with Crippen molar-refractivity contribution >= 4 is 29.5 Å². The fraction of sp³-hybridized carbons (Fsp3) is 0.550. The van der Waals surface area contributed by atoms with Crippen molar-refractivity contribution in [1.29, 1.82) is 0 Å². The number of amides is 2. The Morgan fingerprint density at radius 2 is 2.21 bits per heavy atom. The molecule has 3 rings (SSSR count). The Balaban J connectivity index is 1.45. The minimum Gasteiger partial charge on any atom is -0.466 e. The highest BCUT2D eigenvalue weighted by atomic mass is 32.2. The minimum absolute atomic E-state index is 0.237. The Bertz CT molecular complexity index is 731. The number of ether oxygens (including phenoxy) is 1. The summed E-state index contributed by atoms with van der Waals surface area (Å²) in [5.74, 6) is -0.113. The van der Waals surface area contributed by atoms with Crippen LogP contribution < -0.4 is 5.32 Å². The highest BCUT2D eigenvalue weighted by Crippen LogP contribution is 2.41. The molecule has 1 aliphatic carbocycles. The van der Waals surface area contributed by atoms with Crippen molar-refractivity contribution in [3.63, 3.8) is 0 Å². The van der Waals surface area contributed by atoms with E-state index in [-0.39, 0.29) is 23.8 Å². The van der Waals surface area contributed by atoms with Crippen LogP contribution in [0, 0.1) is 0 Å². The van der Waals surface area contributed by atoms with Crippen molar-refractivity contribution < 1.29 is 23.5 Å². The van der Waals surface area contributed by atoms with Crippen molar-refractivity contribution in [3.05, 3.63) is 35.8 Å². The van der Waals surface area contributed by atoms with E-state index in [1.165, 1.54) is 48.3 Å². The molecule has 2 aliphatic rings. The van der Waals surface area contributed by atoms with Gasteiger partial charge in [-0.15, -0.1) is 11.8 Å². The first-order chi connectivity index (χ1) is 13.6. The van der Waals surface area contributed by atoms with E-state index in [0.29, 0.717) is 18.1 Å². The number of hydrogen-bond acceptors (Lipinski definition) is 6. The van der Waals surface area contributed by atoms with Crippen molar-refractivity contribution in [2.24, 2.45) is 0 Å². The lowest BCUT2D eigenvalue weighted by molar-refractivity contribution is -0.156. The van der Waals surface area contributed by atoms with Gasteiger partial charge in [-0.1, -0.05) is 11.6 Å². The van der Waals surface area contributed by atoms with E-state index in [4.69, 9.17) is 9.15 Å². The van der Waals surface area contributed by atoms with Gasteiger partial charge in [0.25, 0.3) is 5.91 Å². The topological polar surface area (TPSA) is 88.8 Å². The maximum absolute atomic E-state index is 12.5. The van der Waals surface area contributed by atoms with E-state index in [9.17, 15) is 14.4 Å². The molecule has 0 bridgehead atoms. The fourth-order valence-electron chi connectivity index (χ4n) is 3.50. The number of thioether (sulfide) groups is 1. The van der Waals surface area contributed by atoms with E-state index < -0.39 is 12.0 Å². The van der Waals surface area contributed by atoms with Crippen LogP contribution in [0.25, 0.3) is 0 Å². The molecule has 8 heteroatoms. The molecule has 2 atom stereocenters. The third-order valence-corrected chi connectivity index (χ3v) is 6.20. The largest absolute Gasteiger partial charge is 0.466 e. The average Bonchev–Trinajstić information content (AvgIpc) is 3.36. The van der Waals surface area contributed by atoms with Gasteiger partial charge in [-0.05, 0) is 44.2 Å². The zero-order valence-corrected chi connectivity index (χ0v) is 16.8. The summed E-state index contributed by atoms with van der Waals surface area (Å²) in [5.41, 5.74) is 1.38. The summed E-state index contributed by atoms with van der Waals surface area (Å²) >= 11 is 1.44. The monoisotopic (exact) mass is 406 g/mol. The Hall–Kier alpha value is -2.22. The summed E-state index contributed by atoms with van der Waals surface area (Å²) in [6, 6.07) is 2.79. The molecule has 2 amide bonds. The van der Waals surface area contributed by atoms with Crippen LogP contribution in [0.2, 0.25) is 0 Å². The molecule has 1 aromatic rings. The van der Waals surface area contributed by atoms with Crippen molar-refractivity contribution in [2.45, 2.75) is 50.4 Å². The molecule has 152 valence electrons. The van der Waals surface area contributed by atoms with Crippen LogP contribution in [0.1, 0.15) is 50.2 Å². The summed E-state index contributed by atoms with van der Waals surface area (Å²) in [6.07, 6.45) is 9.29. The van der Waals surface area contributed by atoms with Gasteiger partial charge in [-0.2, -0.15) is 0 Å². The number of nitrogens with zero attached hydrogens (tertiary/aromatic N) is 1. The van der Waals surface area contributed by atoms with E-state index >= 15 is 0 Å². The number of allylic oxidation sites excluding steroid dienone is 1. The summed E-state index contributed by atoms with van der Waals surface area (Å²) in [6.45, 7) is 1.62. The smallest absolute Gasteiger partial charge is 0.330 e. The van der Waals surface area contributed by atoms with Crippen molar-refractivity contribution in [2.75, 3.05) is 18.9 Å². The summed E-state index contributed by atoms with van der Waals surface area (Å²) in [4.78, 5) is 37.9. The summed E-state index contributed by atoms with van der Waals surface area (Å²) < 4.78 is 10.6. The van der Waals surface area contributed by atoms with Gasteiger partial charge in [0.2, 0.25) is 5.91 Å². The van der Waals surface area contributed by atoms with Gasteiger partial charge in [-0.3, -0.25) is 9.59 Å². The lowest BCUT2D eigenvalue weighted by Gasteiger charge is -2.25. The first kappa shape index (κ1) is 20.5. The first-order valence-corrected chi connectivity index (χ1v) is 10.7. The Morgan fingerprint density at radius 3 is 2.89 bits per heavy atom. The quantitative estimate of drug-likeness (QED) is 0.553. The second-order valence-corrected chi connectivity index (χ2v) is 8.07. The van der Waals surface area contributed by atoms with Crippen molar-refractivity contribution in [1.82, 2.24) is 10.2 Å². The molecular formula is C20H26N2O5S. The molecule has 0 unspecified atom stereocenters. The highest BCUT2D eigenvalue weighted by Gasteiger charge is 2.43. The SMILES string of the molecule is CC(=O)N1[C@@H](C(=O)OCC(=O)NCCC2=CCCCC2)CS[C@@H]1c1ccco1. The molecule has 0 aromatic carbocycles. The standard InChI is InChI=1S/C20H26N2O5S/c1-14(23)22-16(13-28-19(22)17-8-5-11-26-17)20(25)27-12-18(24)21-10-9-15-6-3-2-4-7-15/h5-6,8,11,16,19H,2-4,7,9-10,12-13H2,1H3,(H,21,24)/t16-,19-/m1/s1. The third-order valence-electron chi connectivity index (χ3n) is 4.92. The van der Waals surface area contributed by atoms with Crippen LogP contribution in [0.3, 0.4) is 0 Å². The molecule has 28 heavy (non-hydrogen) atoms. The van der Waals surface area contributed by atoms with E-state index in [2.05, 4.69) is 11.4 Å². The zero-order valence-electron chi connectivity index (χ0n) is 16.0. The molecule has 1 saturated heterocycles. The summed E-state index contributed by atoms with van der Waals surface area (Å²) in [5, 5.41) is 2.42. The molecule has 1 aromatic heterocycles. The van der Waals surface area contributed by atoms with Gasteiger partial charge in [0.15, 0.2) is 6.61 Å². The van der Waals surface area contributed by atoms with Crippen LogP contribution in [0.4, 0.5) is 0 Å². The maximum atomic E-state index is 12.5. The van der Waals surface area contributed by atoms with Gasteiger partial charge in [0.1, 0.15) is 17.2 Å². The van der Waals surface area contributed by atoms with Crippen LogP contribution in [-0.4, -0.2) is 47.6 Å². The molecule has 7 nitrogen and oxygen atoms in total. The number of furan rings is 1. The summed E-state index contributed by atoms with van der Waals surface area (Å²) in [7, 11) is 0. The van der Waals surface area contributed by atoms with Crippen LogP contribution in [0.15, 0.2) is 34.5 Å². The van der Waals surface area contributed by atoms with Crippen LogP contribution in [-0.2, 0) is 19.1 Å². The Kier molecular flexibility index (Phi) is 7.19. The predicted octanol–water partition coefficient (Wildman–Crippen LogP) is 2.79. The van der Waals surface area contributed by atoms with Gasteiger partial charge < -0.3 is 19.4 Å². The maximum Gasteiger partial charge on any atom is 0.330 e. The van der Waals surface area contributed by atoms with E-state index in [1.54, 1.807) is 12.1 Å². The molecule has 1 aliphatic heterocycles. The van der Waals surface area contributed by atoms with Gasteiger partial charge in [0.05, 0.1) is 6.26 Å². The molecule has 1 fully saturated rings. The number of rotatable bonds is 7. The molecular weight excluding hydrogens is 380 g/mol. The van der Waals surface area contributed by atoms with Crippen molar-refractivity contribution in [3.8, 4) is 0 Å². The predicted molar refractivity (Wildman–Crippen MR) is 105 cm³/mol. The Labute approximate surface area is 168 Å². The van der Waals surface area contributed by atoms with Crippen LogP contribution >= 0.6 is 11.8 Å². The Morgan fingerprint density at radius 1 is 1.36 bits per heavy atom. The van der Waals surface area contributed by atoms with Crippen LogP contribution in [0.5, 0.6) is 0 Å². The minimum atomic E-state index is -0.724.